The Morgan fingerprint density at radius 2 is 1.90 bits per heavy atom. The van der Waals surface area contributed by atoms with Crippen molar-refractivity contribution in [3.8, 4) is 5.75 Å². The van der Waals surface area contributed by atoms with Crippen molar-refractivity contribution in [2.24, 2.45) is 0 Å². The number of pyridine rings is 1. The van der Waals surface area contributed by atoms with Gasteiger partial charge in [0, 0.05) is 31.9 Å². The van der Waals surface area contributed by atoms with Gasteiger partial charge >= 0.3 is 0 Å². The molecule has 3 heterocycles. The summed E-state index contributed by atoms with van der Waals surface area (Å²) in [6, 6.07) is 12.0. The van der Waals surface area contributed by atoms with Gasteiger partial charge in [-0.2, -0.15) is 0 Å². The van der Waals surface area contributed by atoms with Gasteiger partial charge in [0.1, 0.15) is 11.9 Å². The van der Waals surface area contributed by atoms with Gasteiger partial charge in [0.15, 0.2) is 0 Å². The molecule has 0 bridgehead atoms. The van der Waals surface area contributed by atoms with E-state index in [9.17, 15) is 4.79 Å². The Hall–Kier alpha value is -2.44. The van der Waals surface area contributed by atoms with Crippen molar-refractivity contribution in [1.82, 2.24) is 14.8 Å². The summed E-state index contributed by atoms with van der Waals surface area (Å²) in [6.45, 7) is 5.07. The maximum atomic E-state index is 13.2. The minimum Gasteiger partial charge on any atom is -0.488 e. The van der Waals surface area contributed by atoms with Crippen molar-refractivity contribution in [3.63, 3.8) is 0 Å². The van der Waals surface area contributed by atoms with Crippen LogP contribution in [0.25, 0.3) is 0 Å². The van der Waals surface area contributed by atoms with Crippen molar-refractivity contribution in [3.05, 3.63) is 59.9 Å². The highest BCUT2D eigenvalue weighted by atomic mass is 16.5. The zero-order valence-electron chi connectivity index (χ0n) is 17.5. The van der Waals surface area contributed by atoms with Crippen molar-refractivity contribution in [2.45, 2.75) is 44.9 Å². The van der Waals surface area contributed by atoms with Crippen LogP contribution in [0.15, 0.2) is 48.8 Å². The van der Waals surface area contributed by atoms with Crippen LogP contribution in [0.3, 0.4) is 0 Å². The Bertz CT molecular complexity index is 802. The van der Waals surface area contributed by atoms with Crippen molar-refractivity contribution < 1.29 is 14.3 Å². The first-order valence-corrected chi connectivity index (χ1v) is 11.0. The molecule has 1 aromatic carbocycles. The second kappa shape index (κ2) is 10.5. The number of ether oxygens (including phenoxy) is 2. The predicted octanol–water partition coefficient (Wildman–Crippen LogP) is 3.26. The third kappa shape index (κ3) is 6.03. The number of piperidine rings is 1. The molecule has 0 radical (unpaired) electrons. The first-order valence-electron chi connectivity index (χ1n) is 11.0. The van der Waals surface area contributed by atoms with Gasteiger partial charge in [0.05, 0.1) is 19.8 Å². The van der Waals surface area contributed by atoms with Crippen molar-refractivity contribution >= 4 is 5.91 Å². The number of nitrogens with zero attached hydrogens (tertiary/aromatic N) is 3. The van der Waals surface area contributed by atoms with Gasteiger partial charge in [-0.15, -0.1) is 0 Å². The molecule has 2 aromatic rings. The number of hydrogen-bond acceptors (Lipinski definition) is 5. The molecule has 2 aliphatic rings. The molecule has 0 aliphatic carbocycles. The largest absolute Gasteiger partial charge is 0.488 e. The number of amides is 1. The molecule has 0 saturated carbocycles. The van der Waals surface area contributed by atoms with Gasteiger partial charge in [-0.1, -0.05) is 18.6 Å². The van der Waals surface area contributed by atoms with E-state index in [2.05, 4.69) is 16.0 Å². The monoisotopic (exact) mass is 409 g/mol. The number of likely N-dealkylation sites (tertiary alicyclic amines) is 1. The summed E-state index contributed by atoms with van der Waals surface area (Å²) < 4.78 is 11.5. The van der Waals surface area contributed by atoms with Crippen LogP contribution in [0.4, 0.5) is 0 Å². The summed E-state index contributed by atoms with van der Waals surface area (Å²) in [5.74, 6) is 1.01. The number of hydrogen-bond donors (Lipinski definition) is 0. The lowest BCUT2D eigenvalue weighted by Crippen LogP contribution is -2.41. The summed E-state index contributed by atoms with van der Waals surface area (Å²) in [5, 5.41) is 0. The molecular formula is C24H31N3O3. The van der Waals surface area contributed by atoms with E-state index in [-0.39, 0.29) is 12.0 Å². The highest BCUT2D eigenvalue weighted by Gasteiger charge is 2.21. The smallest absolute Gasteiger partial charge is 0.237 e. The van der Waals surface area contributed by atoms with Crippen molar-refractivity contribution in [2.75, 3.05) is 32.8 Å². The topological polar surface area (TPSA) is 54.9 Å². The van der Waals surface area contributed by atoms with Crippen LogP contribution in [0.1, 0.15) is 36.8 Å². The predicted molar refractivity (Wildman–Crippen MR) is 115 cm³/mol. The molecular weight excluding hydrogens is 378 g/mol. The van der Waals surface area contributed by atoms with Crippen LogP contribution in [-0.4, -0.2) is 59.6 Å². The Morgan fingerprint density at radius 1 is 1.10 bits per heavy atom. The van der Waals surface area contributed by atoms with Gasteiger partial charge in [-0.05, 0) is 61.3 Å². The van der Waals surface area contributed by atoms with E-state index in [1.54, 1.807) is 12.4 Å². The van der Waals surface area contributed by atoms with Crippen molar-refractivity contribution in [1.29, 1.82) is 0 Å². The van der Waals surface area contributed by atoms with Gasteiger partial charge in [-0.3, -0.25) is 14.7 Å². The molecule has 2 saturated heterocycles. The zero-order valence-corrected chi connectivity index (χ0v) is 17.5. The number of benzene rings is 1. The molecule has 0 spiro atoms. The fourth-order valence-electron chi connectivity index (χ4n) is 4.09. The van der Waals surface area contributed by atoms with E-state index in [1.807, 2.05) is 35.2 Å². The van der Waals surface area contributed by atoms with Crippen LogP contribution < -0.4 is 4.74 Å². The standard InChI is InChI=1S/C24H31N3O3/c28-24(18-26-12-2-1-3-13-26)27(16-20-7-10-25-11-8-20)17-21-5-4-6-22(15-21)30-23-9-14-29-19-23/h4-8,10-11,15,23H,1-3,9,12-14,16-19H2. The van der Waals surface area contributed by atoms with E-state index >= 15 is 0 Å². The molecule has 6 nitrogen and oxygen atoms in total. The number of carbonyl (C=O) groups is 1. The number of rotatable bonds is 8. The normalized spacial score (nSPS) is 19.5. The lowest BCUT2D eigenvalue weighted by molar-refractivity contribution is -0.134. The second-order valence-corrected chi connectivity index (χ2v) is 8.19. The maximum absolute atomic E-state index is 13.2. The summed E-state index contributed by atoms with van der Waals surface area (Å²) in [5.41, 5.74) is 2.17. The molecule has 0 N–H and O–H groups in total. The van der Waals surface area contributed by atoms with Crippen LogP contribution in [-0.2, 0) is 22.6 Å². The fourth-order valence-corrected chi connectivity index (χ4v) is 4.09. The van der Waals surface area contributed by atoms with Crippen LogP contribution in [0.2, 0.25) is 0 Å². The summed E-state index contributed by atoms with van der Waals surface area (Å²) >= 11 is 0. The quantitative estimate of drug-likeness (QED) is 0.670. The Morgan fingerprint density at radius 3 is 2.67 bits per heavy atom. The third-order valence-electron chi connectivity index (χ3n) is 5.75. The molecule has 1 amide bonds. The molecule has 4 rings (SSSR count). The molecule has 2 aliphatic heterocycles. The molecule has 1 unspecified atom stereocenters. The molecule has 1 atom stereocenters. The Labute approximate surface area is 178 Å². The molecule has 2 fully saturated rings. The lowest BCUT2D eigenvalue weighted by atomic mass is 10.1. The number of aromatic nitrogens is 1. The van der Waals surface area contributed by atoms with E-state index in [0.29, 0.717) is 26.2 Å². The summed E-state index contributed by atoms with van der Waals surface area (Å²) in [4.78, 5) is 21.5. The van der Waals surface area contributed by atoms with Crippen LogP contribution in [0.5, 0.6) is 5.75 Å². The summed E-state index contributed by atoms with van der Waals surface area (Å²) in [7, 11) is 0. The molecule has 6 heteroatoms. The highest BCUT2D eigenvalue weighted by Crippen LogP contribution is 2.20. The Kier molecular flexibility index (Phi) is 7.32. The van der Waals surface area contributed by atoms with Gasteiger partial charge in [-0.25, -0.2) is 0 Å². The average molecular weight is 410 g/mol. The fraction of sp³-hybridized carbons (Fsp3) is 0.500. The first kappa shape index (κ1) is 20.8. The highest BCUT2D eigenvalue weighted by molar-refractivity contribution is 5.78. The minimum atomic E-state index is 0.119. The van der Waals surface area contributed by atoms with Crippen LogP contribution in [0, 0.1) is 0 Å². The van der Waals surface area contributed by atoms with Crippen LogP contribution >= 0.6 is 0 Å². The average Bonchev–Trinajstić information content (AvgIpc) is 3.28. The van der Waals surface area contributed by atoms with E-state index < -0.39 is 0 Å². The molecule has 30 heavy (non-hydrogen) atoms. The SMILES string of the molecule is O=C(CN1CCCCC1)N(Cc1ccncc1)Cc1cccc(OC2CCOC2)c1. The summed E-state index contributed by atoms with van der Waals surface area (Å²) in [6.07, 6.45) is 8.23. The zero-order chi connectivity index (χ0) is 20.6. The third-order valence-corrected chi connectivity index (χ3v) is 5.75. The second-order valence-electron chi connectivity index (χ2n) is 8.19. The van der Waals surface area contributed by atoms with Gasteiger partial charge in [0.2, 0.25) is 5.91 Å². The first-order chi connectivity index (χ1) is 14.8. The Balaban J connectivity index is 1.45. The van der Waals surface area contributed by atoms with E-state index in [4.69, 9.17) is 9.47 Å². The number of carbonyl (C=O) groups excluding carboxylic acids is 1. The van der Waals surface area contributed by atoms with E-state index in [0.717, 1.165) is 43.0 Å². The molecule has 160 valence electrons. The molecule has 1 aromatic heterocycles. The van der Waals surface area contributed by atoms with Gasteiger partial charge < -0.3 is 14.4 Å². The minimum absolute atomic E-state index is 0.119. The maximum Gasteiger partial charge on any atom is 0.237 e. The lowest BCUT2D eigenvalue weighted by Gasteiger charge is -2.30. The van der Waals surface area contributed by atoms with Gasteiger partial charge in [0.25, 0.3) is 0 Å². The van der Waals surface area contributed by atoms with E-state index in [1.165, 1.54) is 19.3 Å².